The molecule has 9 heteroatoms. The van der Waals surface area contributed by atoms with Gasteiger partial charge < -0.3 is 14.1 Å². The van der Waals surface area contributed by atoms with Gasteiger partial charge in [0.05, 0.1) is 26.0 Å². The van der Waals surface area contributed by atoms with E-state index in [0.29, 0.717) is 32.1 Å². The summed E-state index contributed by atoms with van der Waals surface area (Å²) in [5.41, 5.74) is 1.23. The summed E-state index contributed by atoms with van der Waals surface area (Å²) in [7, 11) is 0. The monoisotopic (exact) mass is 320 g/mol. The van der Waals surface area contributed by atoms with Crippen LogP contribution in [0.2, 0.25) is 0 Å². The number of carbonyl (C=O) groups is 1. The number of nitrogens with zero attached hydrogens (tertiary/aromatic N) is 2. The third-order valence-electron chi connectivity index (χ3n) is 3.47. The van der Waals surface area contributed by atoms with Gasteiger partial charge in [0.1, 0.15) is 11.3 Å². The number of hydrazine groups is 1. The van der Waals surface area contributed by atoms with Crippen LogP contribution in [0.15, 0.2) is 38.6 Å². The maximum atomic E-state index is 12.4. The third-order valence-corrected chi connectivity index (χ3v) is 3.47. The standard InChI is InChI=1S/C14H16N4O5/c19-12(16-17-3-6-22-7-4-17)11-8-15-14(21)18(13(11)20)9-10-2-1-5-23-10/h1-2,5,8H,3-4,6-7,9H2,(H,15,21)(H,16,19). The van der Waals surface area contributed by atoms with Gasteiger partial charge in [0.25, 0.3) is 11.5 Å². The fourth-order valence-corrected chi connectivity index (χ4v) is 2.25. The average Bonchev–Trinajstić information content (AvgIpc) is 3.05. The van der Waals surface area contributed by atoms with Crippen molar-refractivity contribution >= 4 is 5.91 Å². The van der Waals surface area contributed by atoms with E-state index in [2.05, 4.69) is 10.4 Å². The Morgan fingerprint density at radius 3 is 2.78 bits per heavy atom. The molecule has 0 spiro atoms. The lowest BCUT2D eigenvalue weighted by Gasteiger charge is -2.26. The van der Waals surface area contributed by atoms with E-state index < -0.39 is 17.2 Å². The molecule has 23 heavy (non-hydrogen) atoms. The van der Waals surface area contributed by atoms with E-state index in [1.807, 2.05) is 0 Å². The highest BCUT2D eigenvalue weighted by Crippen LogP contribution is 2.00. The minimum Gasteiger partial charge on any atom is -0.467 e. The van der Waals surface area contributed by atoms with Gasteiger partial charge in [-0.1, -0.05) is 0 Å². The highest BCUT2D eigenvalue weighted by molar-refractivity contribution is 5.93. The van der Waals surface area contributed by atoms with Gasteiger partial charge in [-0.2, -0.15) is 0 Å². The minimum absolute atomic E-state index is 0.0418. The molecule has 1 aliphatic rings. The van der Waals surface area contributed by atoms with Crippen LogP contribution in [0.4, 0.5) is 0 Å². The zero-order valence-electron chi connectivity index (χ0n) is 12.3. The number of hydrogen-bond acceptors (Lipinski definition) is 6. The summed E-state index contributed by atoms with van der Waals surface area (Å²) in [6.45, 7) is 2.05. The van der Waals surface area contributed by atoms with Gasteiger partial charge >= 0.3 is 5.69 Å². The van der Waals surface area contributed by atoms with Crippen molar-refractivity contribution in [3.63, 3.8) is 0 Å². The predicted octanol–water partition coefficient (Wildman–Crippen LogP) is -0.845. The van der Waals surface area contributed by atoms with Crippen LogP contribution in [0.5, 0.6) is 0 Å². The molecule has 3 rings (SSSR count). The van der Waals surface area contributed by atoms with Gasteiger partial charge in [-0.05, 0) is 12.1 Å². The predicted molar refractivity (Wildman–Crippen MR) is 79.0 cm³/mol. The Hall–Kier alpha value is -2.65. The number of H-pyrrole nitrogens is 1. The van der Waals surface area contributed by atoms with Crippen molar-refractivity contribution in [1.29, 1.82) is 0 Å². The molecule has 3 heterocycles. The van der Waals surface area contributed by atoms with E-state index in [-0.39, 0.29) is 12.1 Å². The summed E-state index contributed by atoms with van der Waals surface area (Å²) in [5.74, 6) is -0.121. The summed E-state index contributed by atoms with van der Waals surface area (Å²) in [4.78, 5) is 38.9. The SMILES string of the molecule is O=C(NN1CCOCC1)c1c[nH]c(=O)n(Cc2ccco2)c1=O. The molecule has 0 bridgehead atoms. The van der Waals surface area contributed by atoms with E-state index in [0.717, 1.165) is 10.8 Å². The molecular weight excluding hydrogens is 304 g/mol. The van der Waals surface area contributed by atoms with Crippen molar-refractivity contribution in [3.05, 3.63) is 56.8 Å². The number of aromatic nitrogens is 2. The maximum Gasteiger partial charge on any atom is 0.328 e. The van der Waals surface area contributed by atoms with Gasteiger partial charge in [-0.3, -0.25) is 19.6 Å². The molecule has 0 atom stereocenters. The van der Waals surface area contributed by atoms with Crippen LogP contribution >= 0.6 is 0 Å². The molecule has 1 saturated heterocycles. The second kappa shape index (κ2) is 6.63. The number of nitrogens with one attached hydrogen (secondary N) is 2. The second-order valence-electron chi connectivity index (χ2n) is 5.02. The molecule has 9 nitrogen and oxygen atoms in total. The lowest BCUT2D eigenvalue weighted by atomic mass is 10.3. The number of morpholine rings is 1. The quantitative estimate of drug-likeness (QED) is 0.760. The molecule has 1 fully saturated rings. The summed E-state index contributed by atoms with van der Waals surface area (Å²) in [5, 5.41) is 1.67. The lowest BCUT2D eigenvalue weighted by molar-refractivity contribution is 0.0125. The Bertz CT molecular complexity index is 786. The van der Waals surface area contributed by atoms with Crippen molar-refractivity contribution in [2.45, 2.75) is 6.54 Å². The molecule has 2 N–H and O–H groups in total. The summed E-state index contributed by atoms with van der Waals surface area (Å²) < 4.78 is 11.2. The number of furan rings is 1. The molecule has 1 amide bonds. The van der Waals surface area contributed by atoms with Gasteiger partial charge in [0.15, 0.2) is 0 Å². The number of hydrogen-bond donors (Lipinski definition) is 2. The summed E-state index contributed by atoms with van der Waals surface area (Å²) in [6.07, 6.45) is 2.57. The topological polar surface area (TPSA) is 110 Å². The van der Waals surface area contributed by atoms with Crippen molar-refractivity contribution in [3.8, 4) is 0 Å². The van der Waals surface area contributed by atoms with Crippen LogP contribution < -0.4 is 16.7 Å². The van der Waals surface area contributed by atoms with Crippen molar-refractivity contribution in [1.82, 2.24) is 20.0 Å². The molecule has 122 valence electrons. The van der Waals surface area contributed by atoms with Crippen LogP contribution in [0, 0.1) is 0 Å². The largest absolute Gasteiger partial charge is 0.467 e. The molecule has 0 aromatic carbocycles. The molecule has 1 aliphatic heterocycles. The number of amides is 1. The highest BCUT2D eigenvalue weighted by atomic mass is 16.5. The molecule has 2 aromatic rings. The molecule has 2 aromatic heterocycles. The number of rotatable bonds is 4. The number of aromatic amines is 1. The fraction of sp³-hybridized carbons (Fsp3) is 0.357. The van der Waals surface area contributed by atoms with Crippen LogP contribution in [-0.2, 0) is 11.3 Å². The Balaban J connectivity index is 1.83. The lowest BCUT2D eigenvalue weighted by Crippen LogP contribution is -2.50. The summed E-state index contributed by atoms with van der Waals surface area (Å²) in [6, 6.07) is 3.30. The Morgan fingerprint density at radius 2 is 2.09 bits per heavy atom. The van der Waals surface area contributed by atoms with Crippen LogP contribution in [0.3, 0.4) is 0 Å². The van der Waals surface area contributed by atoms with Gasteiger partial charge in [0, 0.05) is 19.3 Å². The Labute approximate surface area is 130 Å². The van der Waals surface area contributed by atoms with Gasteiger partial charge in [-0.15, -0.1) is 0 Å². The zero-order valence-corrected chi connectivity index (χ0v) is 12.3. The molecule has 0 radical (unpaired) electrons. The Morgan fingerprint density at radius 1 is 1.30 bits per heavy atom. The molecule has 0 saturated carbocycles. The maximum absolute atomic E-state index is 12.4. The van der Waals surface area contributed by atoms with Crippen molar-refractivity contribution in [2.75, 3.05) is 26.3 Å². The summed E-state index contributed by atoms with van der Waals surface area (Å²) >= 11 is 0. The molecule has 0 unspecified atom stereocenters. The number of carbonyl (C=O) groups excluding carboxylic acids is 1. The first-order chi connectivity index (χ1) is 11.1. The van der Waals surface area contributed by atoms with Gasteiger partial charge in [0.2, 0.25) is 0 Å². The van der Waals surface area contributed by atoms with E-state index in [1.54, 1.807) is 17.1 Å². The molecular formula is C14H16N4O5. The first-order valence-corrected chi connectivity index (χ1v) is 7.14. The van der Waals surface area contributed by atoms with E-state index in [1.165, 1.54) is 6.26 Å². The average molecular weight is 320 g/mol. The fourth-order valence-electron chi connectivity index (χ4n) is 2.25. The van der Waals surface area contributed by atoms with Crippen LogP contribution in [0.25, 0.3) is 0 Å². The van der Waals surface area contributed by atoms with E-state index in [4.69, 9.17) is 9.15 Å². The Kier molecular flexibility index (Phi) is 4.40. The molecule has 0 aliphatic carbocycles. The third kappa shape index (κ3) is 3.41. The van der Waals surface area contributed by atoms with Crippen molar-refractivity contribution < 1.29 is 13.9 Å². The van der Waals surface area contributed by atoms with Crippen LogP contribution in [-0.4, -0.2) is 46.8 Å². The minimum atomic E-state index is -0.670. The normalized spacial score (nSPS) is 15.5. The van der Waals surface area contributed by atoms with Crippen molar-refractivity contribution in [2.24, 2.45) is 0 Å². The van der Waals surface area contributed by atoms with E-state index >= 15 is 0 Å². The van der Waals surface area contributed by atoms with Gasteiger partial charge in [-0.25, -0.2) is 9.80 Å². The van der Waals surface area contributed by atoms with Crippen LogP contribution in [0.1, 0.15) is 16.1 Å². The number of ether oxygens (including phenoxy) is 1. The van der Waals surface area contributed by atoms with E-state index in [9.17, 15) is 14.4 Å². The zero-order chi connectivity index (χ0) is 16.2. The first kappa shape index (κ1) is 15.3. The second-order valence-corrected chi connectivity index (χ2v) is 5.02. The smallest absolute Gasteiger partial charge is 0.328 e. The first-order valence-electron chi connectivity index (χ1n) is 7.14. The highest BCUT2D eigenvalue weighted by Gasteiger charge is 2.19.